The SMILES string of the molecule is CC(C)(C)OC(=O)N[C@H]1[C@H](O)[C@H](O)C[C@@H]1C(=O)OCc1ccccc1. The van der Waals surface area contributed by atoms with Gasteiger partial charge in [-0.2, -0.15) is 0 Å². The van der Waals surface area contributed by atoms with E-state index in [9.17, 15) is 19.8 Å². The molecule has 0 saturated heterocycles. The number of amides is 1. The summed E-state index contributed by atoms with van der Waals surface area (Å²) >= 11 is 0. The average Bonchev–Trinajstić information content (AvgIpc) is 2.80. The molecule has 0 bridgehead atoms. The van der Waals surface area contributed by atoms with Crippen LogP contribution in [0.1, 0.15) is 32.8 Å². The van der Waals surface area contributed by atoms with Gasteiger partial charge in [0.2, 0.25) is 0 Å². The summed E-state index contributed by atoms with van der Waals surface area (Å²) in [6, 6.07) is 8.20. The van der Waals surface area contributed by atoms with Gasteiger partial charge in [0.05, 0.1) is 18.1 Å². The maximum atomic E-state index is 12.4. The predicted octanol–water partition coefficient (Wildman–Crippen LogP) is 1.36. The molecule has 1 amide bonds. The molecule has 1 saturated carbocycles. The van der Waals surface area contributed by atoms with Gasteiger partial charge in [0.1, 0.15) is 18.3 Å². The van der Waals surface area contributed by atoms with Crippen LogP contribution < -0.4 is 5.32 Å². The van der Waals surface area contributed by atoms with Gasteiger partial charge in [0, 0.05) is 0 Å². The van der Waals surface area contributed by atoms with Gasteiger partial charge in [-0.05, 0) is 32.8 Å². The van der Waals surface area contributed by atoms with E-state index in [0.717, 1.165) is 5.56 Å². The summed E-state index contributed by atoms with van der Waals surface area (Å²) in [5, 5.41) is 22.4. The normalized spacial score (nSPS) is 26.1. The molecule has 0 aromatic heterocycles. The lowest BCUT2D eigenvalue weighted by Crippen LogP contribution is -2.49. The molecule has 0 heterocycles. The van der Waals surface area contributed by atoms with Crippen molar-refractivity contribution in [2.45, 2.75) is 57.6 Å². The fraction of sp³-hybridized carbons (Fsp3) is 0.556. The Balaban J connectivity index is 1.98. The standard InChI is InChI=1S/C18H25NO6/c1-18(2,3)25-17(23)19-14-12(9-13(20)15(14)21)16(22)24-10-11-7-5-4-6-8-11/h4-8,12-15,20-21H,9-10H2,1-3H3,(H,19,23)/t12-,13+,14+,15+/m0/s1. The molecule has 1 aromatic rings. The van der Waals surface area contributed by atoms with E-state index in [2.05, 4.69) is 5.32 Å². The Morgan fingerprint density at radius 2 is 1.84 bits per heavy atom. The summed E-state index contributed by atoms with van der Waals surface area (Å²) in [5.41, 5.74) is 0.113. The van der Waals surface area contributed by atoms with E-state index < -0.39 is 41.8 Å². The number of aliphatic hydroxyl groups excluding tert-OH is 2. The molecule has 1 aliphatic carbocycles. The van der Waals surface area contributed by atoms with E-state index in [0.29, 0.717) is 0 Å². The highest BCUT2D eigenvalue weighted by molar-refractivity contribution is 5.76. The monoisotopic (exact) mass is 351 g/mol. The molecule has 0 spiro atoms. The van der Waals surface area contributed by atoms with Crippen molar-refractivity contribution in [1.82, 2.24) is 5.32 Å². The Morgan fingerprint density at radius 1 is 1.20 bits per heavy atom. The third-order valence-corrected chi connectivity index (χ3v) is 3.90. The summed E-state index contributed by atoms with van der Waals surface area (Å²) in [5.74, 6) is -1.43. The fourth-order valence-electron chi connectivity index (χ4n) is 2.73. The first-order valence-corrected chi connectivity index (χ1v) is 8.23. The highest BCUT2D eigenvalue weighted by Crippen LogP contribution is 2.28. The van der Waals surface area contributed by atoms with Crippen LogP contribution in [0.2, 0.25) is 0 Å². The zero-order chi connectivity index (χ0) is 18.6. The number of hydrogen-bond donors (Lipinski definition) is 3. The van der Waals surface area contributed by atoms with Gasteiger partial charge >= 0.3 is 12.1 Å². The van der Waals surface area contributed by atoms with Crippen LogP contribution in [0.15, 0.2) is 30.3 Å². The highest BCUT2D eigenvalue weighted by Gasteiger charge is 2.47. The molecular formula is C18H25NO6. The van der Waals surface area contributed by atoms with Crippen molar-refractivity contribution in [2.24, 2.45) is 5.92 Å². The molecule has 4 atom stereocenters. The first kappa shape index (κ1) is 19.2. The number of carbonyl (C=O) groups excluding carboxylic acids is 2. The van der Waals surface area contributed by atoms with Gasteiger partial charge in [-0.25, -0.2) is 4.79 Å². The molecule has 1 aromatic carbocycles. The van der Waals surface area contributed by atoms with Crippen LogP contribution in [0.3, 0.4) is 0 Å². The Hall–Kier alpha value is -2.12. The van der Waals surface area contributed by atoms with Crippen LogP contribution in [0.5, 0.6) is 0 Å². The fourth-order valence-corrected chi connectivity index (χ4v) is 2.73. The van der Waals surface area contributed by atoms with Crippen molar-refractivity contribution < 1.29 is 29.3 Å². The lowest BCUT2D eigenvalue weighted by atomic mass is 10.0. The maximum Gasteiger partial charge on any atom is 0.407 e. The highest BCUT2D eigenvalue weighted by atomic mass is 16.6. The van der Waals surface area contributed by atoms with Crippen molar-refractivity contribution in [1.29, 1.82) is 0 Å². The number of nitrogens with one attached hydrogen (secondary N) is 1. The number of aliphatic hydroxyl groups is 2. The van der Waals surface area contributed by atoms with Crippen molar-refractivity contribution in [3.05, 3.63) is 35.9 Å². The van der Waals surface area contributed by atoms with Gasteiger partial charge in [0.25, 0.3) is 0 Å². The minimum Gasteiger partial charge on any atom is -0.461 e. The van der Waals surface area contributed by atoms with E-state index in [1.807, 2.05) is 30.3 Å². The summed E-state index contributed by atoms with van der Waals surface area (Å²) in [7, 11) is 0. The van der Waals surface area contributed by atoms with E-state index in [1.54, 1.807) is 20.8 Å². The summed E-state index contributed by atoms with van der Waals surface area (Å²) in [4.78, 5) is 24.3. The molecule has 1 fully saturated rings. The van der Waals surface area contributed by atoms with Crippen molar-refractivity contribution in [3.8, 4) is 0 Å². The zero-order valence-electron chi connectivity index (χ0n) is 14.6. The second-order valence-corrected chi connectivity index (χ2v) is 7.17. The topological polar surface area (TPSA) is 105 Å². The largest absolute Gasteiger partial charge is 0.461 e. The maximum absolute atomic E-state index is 12.4. The minimum atomic E-state index is -1.26. The van der Waals surface area contributed by atoms with E-state index in [-0.39, 0.29) is 13.0 Å². The Bertz CT molecular complexity index is 597. The molecule has 0 unspecified atom stereocenters. The molecule has 7 heteroatoms. The van der Waals surface area contributed by atoms with Crippen LogP contribution in [-0.2, 0) is 20.9 Å². The molecule has 3 N–H and O–H groups in total. The minimum absolute atomic E-state index is 0.00918. The first-order chi connectivity index (χ1) is 11.7. The van der Waals surface area contributed by atoms with Gasteiger partial charge in [0.15, 0.2) is 0 Å². The second kappa shape index (κ2) is 7.84. The number of alkyl carbamates (subject to hydrolysis) is 1. The molecular weight excluding hydrogens is 326 g/mol. The molecule has 0 aliphatic heterocycles. The zero-order valence-corrected chi connectivity index (χ0v) is 14.6. The van der Waals surface area contributed by atoms with Gasteiger partial charge < -0.3 is 25.0 Å². The summed E-state index contributed by atoms with van der Waals surface area (Å²) < 4.78 is 10.4. The molecule has 0 radical (unpaired) electrons. The van der Waals surface area contributed by atoms with Crippen molar-refractivity contribution in [2.75, 3.05) is 0 Å². The number of rotatable bonds is 4. The lowest BCUT2D eigenvalue weighted by molar-refractivity contribution is -0.150. The molecule has 25 heavy (non-hydrogen) atoms. The number of esters is 1. The van der Waals surface area contributed by atoms with Crippen LogP contribution in [0.25, 0.3) is 0 Å². The summed E-state index contributed by atoms with van der Waals surface area (Å²) in [6.45, 7) is 5.20. The van der Waals surface area contributed by atoms with Gasteiger partial charge in [-0.15, -0.1) is 0 Å². The van der Waals surface area contributed by atoms with Crippen molar-refractivity contribution >= 4 is 12.1 Å². The molecule has 2 rings (SSSR count). The number of carbonyl (C=O) groups is 2. The lowest BCUT2D eigenvalue weighted by Gasteiger charge is -2.25. The van der Waals surface area contributed by atoms with E-state index >= 15 is 0 Å². The number of ether oxygens (including phenoxy) is 2. The molecule has 1 aliphatic rings. The van der Waals surface area contributed by atoms with Crippen LogP contribution in [0, 0.1) is 5.92 Å². The van der Waals surface area contributed by atoms with E-state index in [4.69, 9.17) is 9.47 Å². The quantitative estimate of drug-likeness (QED) is 0.708. The smallest absolute Gasteiger partial charge is 0.407 e. The molecule has 7 nitrogen and oxygen atoms in total. The van der Waals surface area contributed by atoms with Gasteiger partial charge in [-0.1, -0.05) is 30.3 Å². The van der Waals surface area contributed by atoms with E-state index in [1.165, 1.54) is 0 Å². The Labute approximate surface area is 146 Å². The van der Waals surface area contributed by atoms with Crippen LogP contribution in [-0.4, -0.2) is 46.1 Å². The third-order valence-electron chi connectivity index (χ3n) is 3.90. The van der Waals surface area contributed by atoms with Crippen molar-refractivity contribution in [3.63, 3.8) is 0 Å². The first-order valence-electron chi connectivity index (χ1n) is 8.23. The van der Waals surface area contributed by atoms with Crippen LogP contribution in [0.4, 0.5) is 4.79 Å². The third kappa shape index (κ3) is 5.44. The Kier molecular flexibility index (Phi) is 6.02. The Morgan fingerprint density at radius 3 is 2.44 bits per heavy atom. The summed E-state index contributed by atoms with van der Waals surface area (Å²) in [6.07, 6.45) is -3.13. The van der Waals surface area contributed by atoms with Crippen LogP contribution >= 0.6 is 0 Å². The average molecular weight is 351 g/mol. The number of hydrogen-bond acceptors (Lipinski definition) is 6. The number of benzene rings is 1. The predicted molar refractivity (Wildman–Crippen MR) is 89.5 cm³/mol. The van der Waals surface area contributed by atoms with Gasteiger partial charge in [-0.3, -0.25) is 4.79 Å². The second-order valence-electron chi connectivity index (χ2n) is 7.17. The molecule has 138 valence electrons.